The van der Waals surface area contributed by atoms with Gasteiger partial charge in [-0.25, -0.2) is 9.18 Å². The Kier molecular flexibility index (Phi) is 6.68. The van der Waals surface area contributed by atoms with Gasteiger partial charge in [-0.1, -0.05) is 12.1 Å². The van der Waals surface area contributed by atoms with Crippen LogP contribution in [-0.2, 0) is 17.8 Å². The van der Waals surface area contributed by atoms with Crippen LogP contribution in [-0.4, -0.2) is 34.5 Å². The first kappa shape index (κ1) is 17.9. The molecule has 0 fully saturated rings. The van der Waals surface area contributed by atoms with Gasteiger partial charge in [0.05, 0.1) is 12.6 Å². The summed E-state index contributed by atoms with van der Waals surface area (Å²) in [6.45, 7) is 3.49. The van der Waals surface area contributed by atoms with E-state index in [0.717, 1.165) is 18.5 Å². The zero-order chi connectivity index (χ0) is 17.4. The summed E-state index contributed by atoms with van der Waals surface area (Å²) in [6.07, 6.45) is 2.47. The van der Waals surface area contributed by atoms with Crippen LogP contribution in [0.3, 0.4) is 0 Å². The van der Waals surface area contributed by atoms with Crippen LogP contribution in [0, 0.1) is 5.82 Å². The highest BCUT2D eigenvalue weighted by Gasteiger charge is 2.11. The van der Waals surface area contributed by atoms with E-state index >= 15 is 0 Å². The normalized spacial score (nSPS) is 12.0. The molecule has 2 aromatic rings. The molecule has 130 valence electrons. The fraction of sp³-hybridized carbons (Fsp3) is 0.438. The maximum atomic E-state index is 12.9. The van der Waals surface area contributed by atoms with Crippen LogP contribution in [0.1, 0.15) is 30.8 Å². The first-order valence-corrected chi connectivity index (χ1v) is 7.75. The van der Waals surface area contributed by atoms with Gasteiger partial charge in [0.1, 0.15) is 12.1 Å². The van der Waals surface area contributed by atoms with E-state index in [1.807, 2.05) is 11.5 Å². The Morgan fingerprint density at radius 2 is 2.12 bits per heavy atom. The standard InChI is InChI=1S/C16H22FN5O2/c1-12(13-4-6-14(17)7-5-13)20-16(23)18-10-15-21-19-11-22(15)8-3-9-24-2/h4-7,11-12H,3,8-10H2,1-2H3,(H2,18,20,23)/t12-/m1/s1. The minimum absolute atomic E-state index is 0.231. The minimum Gasteiger partial charge on any atom is -0.385 e. The number of nitrogens with zero attached hydrogens (tertiary/aromatic N) is 3. The highest BCUT2D eigenvalue weighted by Crippen LogP contribution is 2.12. The summed E-state index contributed by atoms with van der Waals surface area (Å²) in [5, 5.41) is 13.4. The van der Waals surface area contributed by atoms with Crippen LogP contribution >= 0.6 is 0 Å². The molecule has 0 aliphatic heterocycles. The summed E-state index contributed by atoms with van der Waals surface area (Å²) >= 11 is 0. The van der Waals surface area contributed by atoms with Crippen molar-refractivity contribution in [1.29, 1.82) is 0 Å². The van der Waals surface area contributed by atoms with Gasteiger partial charge in [-0.3, -0.25) is 0 Å². The Bertz CT molecular complexity index is 644. The number of hydrogen-bond donors (Lipinski definition) is 2. The highest BCUT2D eigenvalue weighted by atomic mass is 19.1. The zero-order valence-electron chi connectivity index (χ0n) is 13.8. The molecule has 0 spiro atoms. The number of nitrogens with one attached hydrogen (secondary N) is 2. The smallest absolute Gasteiger partial charge is 0.315 e. The lowest BCUT2D eigenvalue weighted by atomic mass is 10.1. The molecule has 0 saturated heterocycles. The van der Waals surface area contributed by atoms with Gasteiger partial charge in [0.15, 0.2) is 5.82 Å². The van der Waals surface area contributed by atoms with E-state index in [1.165, 1.54) is 12.1 Å². The number of ether oxygens (including phenoxy) is 1. The van der Waals surface area contributed by atoms with Gasteiger partial charge >= 0.3 is 6.03 Å². The molecule has 2 amide bonds. The predicted molar refractivity (Wildman–Crippen MR) is 86.7 cm³/mol. The van der Waals surface area contributed by atoms with Gasteiger partial charge in [0.2, 0.25) is 0 Å². The summed E-state index contributed by atoms with van der Waals surface area (Å²) in [6, 6.07) is 5.48. The second-order valence-corrected chi connectivity index (χ2v) is 5.39. The van der Waals surface area contributed by atoms with Gasteiger partial charge in [0.25, 0.3) is 0 Å². The van der Waals surface area contributed by atoms with Crippen molar-refractivity contribution in [3.05, 3.63) is 47.8 Å². The predicted octanol–water partition coefficient (Wildman–Crippen LogP) is 2.01. The number of carbonyl (C=O) groups is 1. The van der Waals surface area contributed by atoms with Gasteiger partial charge < -0.3 is 19.9 Å². The lowest BCUT2D eigenvalue weighted by Crippen LogP contribution is -2.37. The Morgan fingerprint density at radius 1 is 1.38 bits per heavy atom. The molecule has 8 heteroatoms. The van der Waals surface area contributed by atoms with Crippen LogP contribution < -0.4 is 10.6 Å². The fourth-order valence-corrected chi connectivity index (χ4v) is 2.22. The number of methoxy groups -OCH3 is 1. The molecule has 1 aromatic carbocycles. The molecule has 0 aliphatic rings. The number of amides is 2. The lowest BCUT2D eigenvalue weighted by molar-refractivity contribution is 0.190. The van der Waals surface area contributed by atoms with Crippen molar-refractivity contribution in [3.8, 4) is 0 Å². The Morgan fingerprint density at radius 3 is 2.83 bits per heavy atom. The van der Waals surface area contributed by atoms with Crippen molar-refractivity contribution in [2.45, 2.75) is 32.5 Å². The molecule has 0 saturated carbocycles. The third kappa shape index (κ3) is 5.31. The van der Waals surface area contributed by atoms with Gasteiger partial charge in [-0.05, 0) is 31.0 Å². The monoisotopic (exact) mass is 335 g/mol. The zero-order valence-corrected chi connectivity index (χ0v) is 13.8. The number of hydrogen-bond acceptors (Lipinski definition) is 4. The first-order valence-electron chi connectivity index (χ1n) is 7.75. The molecule has 2 N–H and O–H groups in total. The molecule has 0 bridgehead atoms. The van der Waals surface area contributed by atoms with Crippen molar-refractivity contribution >= 4 is 6.03 Å². The summed E-state index contributed by atoms with van der Waals surface area (Å²) in [4.78, 5) is 12.0. The van der Waals surface area contributed by atoms with Crippen molar-refractivity contribution in [2.75, 3.05) is 13.7 Å². The first-order chi connectivity index (χ1) is 11.6. The highest BCUT2D eigenvalue weighted by molar-refractivity contribution is 5.74. The number of aromatic nitrogens is 3. The fourth-order valence-electron chi connectivity index (χ4n) is 2.22. The molecule has 0 aliphatic carbocycles. The van der Waals surface area contributed by atoms with Crippen LogP contribution in [0.2, 0.25) is 0 Å². The summed E-state index contributed by atoms with van der Waals surface area (Å²) in [5.41, 5.74) is 0.828. The van der Waals surface area contributed by atoms with Crippen LogP contribution in [0.25, 0.3) is 0 Å². The molecule has 2 rings (SSSR count). The van der Waals surface area contributed by atoms with Crippen molar-refractivity contribution in [2.24, 2.45) is 0 Å². The van der Waals surface area contributed by atoms with E-state index in [1.54, 1.807) is 25.6 Å². The number of carbonyl (C=O) groups excluding carboxylic acids is 1. The number of urea groups is 1. The molecular weight excluding hydrogens is 313 g/mol. The SMILES string of the molecule is COCCCn1cnnc1CNC(=O)N[C@H](C)c1ccc(F)cc1. The van der Waals surface area contributed by atoms with Gasteiger partial charge in [-0.15, -0.1) is 10.2 Å². The van der Waals surface area contributed by atoms with E-state index < -0.39 is 0 Å². The third-order valence-corrected chi connectivity index (χ3v) is 3.57. The van der Waals surface area contributed by atoms with Crippen molar-refractivity contribution in [1.82, 2.24) is 25.4 Å². The topological polar surface area (TPSA) is 81.1 Å². The average molecular weight is 335 g/mol. The maximum Gasteiger partial charge on any atom is 0.315 e. The second kappa shape index (κ2) is 8.97. The van der Waals surface area contributed by atoms with Gasteiger partial charge in [-0.2, -0.15) is 0 Å². The van der Waals surface area contributed by atoms with E-state index in [-0.39, 0.29) is 24.4 Å². The van der Waals surface area contributed by atoms with E-state index in [9.17, 15) is 9.18 Å². The number of rotatable bonds is 8. The van der Waals surface area contributed by atoms with Crippen LogP contribution in [0.5, 0.6) is 0 Å². The Labute approximate surface area is 140 Å². The van der Waals surface area contributed by atoms with Crippen molar-refractivity contribution in [3.63, 3.8) is 0 Å². The molecule has 0 radical (unpaired) electrons. The Balaban J connectivity index is 1.80. The molecular formula is C16H22FN5O2. The molecule has 0 unspecified atom stereocenters. The van der Waals surface area contributed by atoms with Gasteiger partial charge in [0, 0.05) is 20.3 Å². The lowest BCUT2D eigenvalue weighted by Gasteiger charge is -2.15. The Hall–Kier alpha value is -2.48. The third-order valence-electron chi connectivity index (χ3n) is 3.57. The molecule has 1 aromatic heterocycles. The average Bonchev–Trinajstić information content (AvgIpc) is 3.01. The summed E-state index contributed by atoms with van der Waals surface area (Å²) in [5.74, 6) is 0.374. The molecule has 24 heavy (non-hydrogen) atoms. The largest absolute Gasteiger partial charge is 0.385 e. The van der Waals surface area contributed by atoms with E-state index in [2.05, 4.69) is 20.8 Å². The summed E-state index contributed by atoms with van der Waals surface area (Å²) in [7, 11) is 1.65. The van der Waals surface area contributed by atoms with E-state index in [0.29, 0.717) is 12.4 Å². The maximum absolute atomic E-state index is 12.9. The second-order valence-electron chi connectivity index (χ2n) is 5.39. The molecule has 1 heterocycles. The van der Waals surface area contributed by atoms with Crippen molar-refractivity contribution < 1.29 is 13.9 Å². The molecule has 1 atom stereocenters. The quantitative estimate of drug-likeness (QED) is 0.723. The number of aryl methyl sites for hydroxylation is 1. The van der Waals surface area contributed by atoms with Crippen LogP contribution in [0.4, 0.5) is 9.18 Å². The van der Waals surface area contributed by atoms with E-state index in [4.69, 9.17) is 4.74 Å². The van der Waals surface area contributed by atoms with Crippen LogP contribution in [0.15, 0.2) is 30.6 Å². The number of benzene rings is 1. The number of halogens is 1. The minimum atomic E-state index is -0.321. The molecule has 7 nitrogen and oxygen atoms in total. The summed E-state index contributed by atoms with van der Waals surface area (Å²) < 4.78 is 19.8.